The average Bonchev–Trinajstić information content (AvgIpc) is 3.30. The van der Waals surface area contributed by atoms with Crippen molar-refractivity contribution in [1.29, 1.82) is 0 Å². The Morgan fingerprint density at radius 2 is 2.00 bits per heavy atom. The molecule has 3 heterocycles. The number of carboxylic acid groups (broad SMARTS) is 1. The molecule has 2 N–H and O–H groups in total. The van der Waals surface area contributed by atoms with Gasteiger partial charge in [0.2, 0.25) is 0 Å². The summed E-state index contributed by atoms with van der Waals surface area (Å²) >= 11 is 0. The maximum Gasteiger partial charge on any atom is 0.341 e. The number of ether oxygens (including phenoxy) is 2. The molecule has 3 aliphatic heterocycles. The maximum absolute atomic E-state index is 13.3. The zero-order valence-electron chi connectivity index (χ0n) is 18.9. The van der Waals surface area contributed by atoms with E-state index in [1.165, 1.54) is 7.11 Å². The number of methoxy groups -OCH3 is 2. The molecule has 1 aliphatic carbocycles. The third-order valence-electron chi connectivity index (χ3n) is 8.67. The highest BCUT2D eigenvalue weighted by atomic mass is 16.5. The molecule has 5 rings (SSSR count). The molecule has 0 radical (unpaired) electrons. The number of carboxylic acids is 1. The summed E-state index contributed by atoms with van der Waals surface area (Å²) in [6.07, 6.45) is 5.12. The Balaban J connectivity index is 1.89. The molecule has 8 nitrogen and oxygen atoms in total. The Kier molecular flexibility index (Phi) is 4.46. The Bertz CT molecular complexity index is 1030. The lowest BCUT2D eigenvalue weighted by molar-refractivity contribution is -0.208. The monoisotopic (exact) mass is 442 g/mol. The molecule has 1 saturated carbocycles. The van der Waals surface area contributed by atoms with Gasteiger partial charge in [-0.25, -0.2) is 4.79 Å². The van der Waals surface area contributed by atoms with Crippen LogP contribution in [0.25, 0.3) is 0 Å². The van der Waals surface area contributed by atoms with Crippen LogP contribution in [0.1, 0.15) is 25.3 Å². The molecule has 0 unspecified atom stereocenters. The number of carbonyl (C=O) groups excluding carboxylic acids is 1. The summed E-state index contributed by atoms with van der Waals surface area (Å²) in [7, 11) is 4.63. The second kappa shape index (κ2) is 6.71. The van der Waals surface area contributed by atoms with Gasteiger partial charge in [-0.3, -0.25) is 9.69 Å². The highest BCUT2D eigenvalue weighted by Gasteiger charge is 2.80. The smallest absolute Gasteiger partial charge is 0.341 e. The second-order valence-electron chi connectivity index (χ2n) is 9.54. The lowest BCUT2D eigenvalue weighted by atomic mass is 9.45. The van der Waals surface area contributed by atoms with E-state index >= 15 is 0 Å². The highest BCUT2D eigenvalue weighted by molar-refractivity contribution is 5.92. The second-order valence-corrected chi connectivity index (χ2v) is 9.54. The summed E-state index contributed by atoms with van der Waals surface area (Å²) in [5.41, 5.74) is -1.93. The molecule has 32 heavy (non-hydrogen) atoms. The van der Waals surface area contributed by atoms with E-state index in [1.54, 1.807) is 7.11 Å². The number of aliphatic hydroxyl groups is 1. The molecule has 6 atom stereocenters. The third kappa shape index (κ3) is 2.15. The van der Waals surface area contributed by atoms with Gasteiger partial charge >= 0.3 is 11.9 Å². The first kappa shape index (κ1) is 21.3. The van der Waals surface area contributed by atoms with Crippen LogP contribution in [0.4, 0.5) is 5.69 Å². The fraction of sp³-hybridized carbons (Fsp3) is 0.583. The maximum atomic E-state index is 13.3. The van der Waals surface area contributed by atoms with Gasteiger partial charge in [0.25, 0.3) is 0 Å². The first-order chi connectivity index (χ1) is 15.2. The number of hydrogen-bond donors (Lipinski definition) is 2. The minimum absolute atomic E-state index is 0.168. The number of esters is 1. The van der Waals surface area contributed by atoms with Gasteiger partial charge in [0, 0.05) is 42.2 Å². The third-order valence-corrected chi connectivity index (χ3v) is 8.67. The van der Waals surface area contributed by atoms with Crippen LogP contribution in [0.2, 0.25) is 0 Å². The van der Waals surface area contributed by atoms with E-state index in [-0.39, 0.29) is 6.04 Å². The van der Waals surface area contributed by atoms with Gasteiger partial charge in [0.15, 0.2) is 5.60 Å². The molecule has 1 saturated heterocycles. The Hall–Kier alpha value is -2.58. The van der Waals surface area contributed by atoms with Crippen LogP contribution in [0, 0.1) is 11.3 Å². The van der Waals surface area contributed by atoms with Crippen molar-refractivity contribution in [2.75, 3.05) is 39.3 Å². The molecule has 0 aromatic heterocycles. The summed E-state index contributed by atoms with van der Waals surface area (Å²) in [6, 6.07) is 4.88. The van der Waals surface area contributed by atoms with Crippen LogP contribution in [-0.4, -0.2) is 79.1 Å². The number of nitrogens with zero attached hydrogens (tertiary/aromatic N) is 2. The van der Waals surface area contributed by atoms with E-state index in [0.717, 1.165) is 24.3 Å². The zero-order valence-corrected chi connectivity index (χ0v) is 18.9. The lowest BCUT2D eigenvalue weighted by Gasteiger charge is -2.63. The van der Waals surface area contributed by atoms with Crippen LogP contribution >= 0.6 is 0 Å². The van der Waals surface area contributed by atoms with E-state index in [1.807, 2.05) is 49.2 Å². The number of benzene rings is 1. The molecule has 0 amide bonds. The summed E-state index contributed by atoms with van der Waals surface area (Å²) in [6.45, 7) is 3.43. The van der Waals surface area contributed by atoms with Gasteiger partial charge in [-0.2, -0.15) is 0 Å². The number of fused-ring (bicyclic) bond motifs is 1. The van der Waals surface area contributed by atoms with Crippen molar-refractivity contribution in [2.24, 2.45) is 11.3 Å². The summed E-state index contributed by atoms with van der Waals surface area (Å²) < 4.78 is 10.6. The normalized spacial score (nSPS) is 39.3. The number of aliphatic carboxylic acids is 1. The van der Waals surface area contributed by atoms with Crippen LogP contribution < -0.4 is 9.64 Å². The van der Waals surface area contributed by atoms with Crippen molar-refractivity contribution in [3.05, 3.63) is 35.9 Å². The standard InChI is InChI=1S/C24H30N2O6/c1-5-22-9-6-11-26-12-10-23(19(22)26)15-8-7-14(31-3)13-16(15)25(2)20(23)24(30,21(29)32-4)17(22)18(27)28/h6-9,13,17,19-20,30H,5,10-12H2,1-4H3,(H,27,28)/t17-,19+,20-,22+,23-,24-/m0/s1. The topological polar surface area (TPSA) is 99.5 Å². The molecule has 4 aliphatic rings. The van der Waals surface area contributed by atoms with Crippen LogP contribution in [0.5, 0.6) is 5.75 Å². The van der Waals surface area contributed by atoms with E-state index in [0.29, 0.717) is 18.6 Å². The van der Waals surface area contributed by atoms with E-state index in [9.17, 15) is 19.8 Å². The van der Waals surface area contributed by atoms with Crippen molar-refractivity contribution >= 4 is 17.6 Å². The minimum Gasteiger partial charge on any atom is -0.497 e. The fourth-order valence-electron chi connectivity index (χ4n) is 7.80. The number of hydrogen-bond acceptors (Lipinski definition) is 7. The summed E-state index contributed by atoms with van der Waals surface area (Å²) in [4.78, 5) is 30.4. The van der Waals surface area contributed by atoms with Crippen LogP contribution in [0.3, 0.4) is 0 Å². The molecule has 0 bridgehead atoms. The molecular weight excluding hydrogens is 412 g/mol. The number of likely N-dealkylation sites (N-methyl/N-ethyl adjacent to an activating group) is 1. The fourth-order valence-corrected chi connectivity index (χ4v) is 7.80. The van der Waals surface area contributed by atoms with Gasteiger partial charge in [-0.05, 0) is 31.0 Å². The SMILES string of the molecule is CC[C@@]12C=CCN3CC[C@]4(c5ccc(OC)cc5N(C)[C@@H]4[C@](O)(C(=O)OC)[C@H]1C(=O)O)[C@H]32. The summed E-state index contributed by atoms with van der Waals surface area (Å²) in [5.74, 6) is -2.77. The predicted octanol–water partition coefficient (Wildman–Crippen LogP) is 1.41. The van der Waals surface area contributed by atoms with Gasteiger partial charge in [-0.1, -0.05) is 25.1 Å². The minimum atomic E-state index is -2.24. The lowest BCUT2D eigenvalue weighted by Crippen LogP contribution is -2.79. The first-order valence-corrected chi connectivity index (χ1v) is 11.1. The summed E-state index contributed by atoms with van der Waals surface area (Å²) in [5, 5.41) is 22.8. The van der Waals surface area contributed by atoms with E-state index in [2.05, 4.69) is 4.90 Å². The van der Waals surface area contributed by atoms with Crippen molar-refractivity contribution in [1.82, 2.24) is 4.90 Å². The van der Waals surface area contributed by atoms with Crippen molar-refractivity contribution in [3.8, 4) is 5.75 Å². The largest absolute Gasteiger partial charge is 0.497 e. The average molecular weight is 443 g/mol. The first-order valence-electron chi connectivity index (χ1n) is 11.1. The molecule has 172 valence electrons. The quantitative estimate of drug-likeness (QED) is 0.534. The molecule has 1 spiro atoms. The Labute approximate surface area is 187 Å². The number of rotatable bonds is 4. The van der Waals surface area contributed by atoms with Crippen molar-refractivity contribution in [3.63, 3.8) is 0 Å². The van der Waals surface area contributed by atoms with Crippen LogP contribution in [0.15, 0.2) is 30.4 Å². The van der Waals surface area contributed by atoms with Crippen molar-refractivity contribution in [2.45, 2.75) is 42.9 Å². The molecular formula is C24H30N2O6. The van der Waals surface area contributed by atoms with Gasteiger partial charge in [0.05, 0.1) is 20.3 Å². The van der Waals surface area contributed by atoms with E-state index in [4.69, 9.17) is 9.47 Å². The predicted molar refractivity (Wildman–Crippen MR) is 117 cm³/mol. The van der Waals surface area contributed by atoms with E-state index < -0.39 is 40.3 Å². The molecule has 1 aromatic rings. The molecule has 2 fully saturated rings. The molecule has 8 heteroatoms. The van der Waals surface area contributed by atoms with Crippen LogP contribution in [-0.2, 0) is 19.7 Å². The molecule has 1 aromatic carbocycles. The van der Waals surface area contributed by atoms with Crippen molar-refractivity contribution < 1.29 is 29.3 Å². The number of carbonyl (C=O) groups is 2. The van der Waals surface area contributed by atoms with Gasteiger partial charge in [-0.15, -0.1) is 0 Å². The Morgan fingerprint density at radius 1 is 1.25 bits per heavy atom. The van der Waals surface area contributed by atoms with Gasteiger partial charge in [0.1, 0.15) is 11.7 Å². The zero-order chi connectivity index (χ0) is 23.1. The van der Waals surface area contributed by atoms with Gasteiger partial charge < -0.3 is 24.6 Å². The highest BCUT2D eigenvalue weighted by Crippen LogP contribution is 2.68. The Morgan fingerprint density at radius 3 is 2.62 bits per heavy atom. The number of anilines is 1.